The Hall–Kier alpha value is -4.60. The average Bonchev–Trinajstić information content (AvgIpc) is 3.42. The predicted octanol–water partition coefficient (Wildman–Crippen LogP) is 7.19. The smallest absolute Gasteiger partial charge is 0.338 e. The molecule has 1 aliphatic heterocycles. The largest absolute Gasteiger partial charge is 0.494 e. The summed E-state index contributed by atoms with van der Waals surface area (Å²) in [6.07, 6.45) is 1.76. The lowest BCUT2D eigenvalue weighted by molar-refractivity contribution is -0.384. The molecule has 2 heterocycles. The molecule has 1 atom stereocenters. The highest BCUT2D eigenvalue weighted by Crippen LogP contribution is 2.36. The lowest BCUT2D eigenvalue weighted by Gasteiger charge is -2.26. The topological polar surface area (TPSA) is 122 Å². The van der Waals surface area contributed by atoms with E-state index in [1.807, 2.05) is 73.7 Å². The number of fused-ring (bicyclic) bond motifs is 1. The molecule has 0 fully saturated rings. The summed E-state index contributed by atoms with van der Waals surface area (Å²) in [6, 6.07) is 25.8. The zero-order valence-electron chi connectivity index (χ0n) is 26.8. The van der Waals surface area contributed by atoms with Crippen LogP contribution in [0.15, 0.2) is 111 Å². The van der Waals surface area contributed by atoms with Crippen molar-refractivity contribution in [2.45, 2.75) is 26.5 Å². The van der Waals surface area contributed by atoms with Crippen LogP contribution in [0, 0.1) is 13.7 Å². The molecule has 1 aromatic heterocycles. The normalized spacial score (nSPS) is 14.2. The molecule has 0 spiro atoms. The Morgan fingerprint density at radius 1 is 1.02 bits per heavy atom. The van der Waals surface area contributed by atoms with E-state index in [0.29, 0.717) is 49.8 Å². The van der Waals surface area contributed by atoms with Gasteiger partial charge in [0.2, 0.25) is 0 Å². The number of carbonyl (C=O) groups excluding carboxylic acids is 1. The van der Waals surface area contributed by atoms with Crippen molar-refractivity contribution in [2.75, 3.05) is 13.2 Å². The third kappa shape index (κ3) is 7.44. The Labute approximate surface area is 312 Å². The quantitative estimate of drug-likeness (QED) is 0.0597. The van der Waals surface area contributed by atoms with Gasteiger partial charge >= 0.3 is 5.97 Å². The number of esters is 1. The van der Waals surface area contributed by atoms with E-state index in [1.54, 1.807) is 29.7 Å². The van der Waals surface area contributed by atoms with Gasteiger partial charge in [0.1, 0.15) is 18.1 Å². The standard InChI is InChI=1S/C37H29BrIN3O7S/c1-3-47-28-16-12-24(13-17-28)33-31(36(44)48-4-2)32(23-8-6-5-7-9-23)40-37-41(33)35(43)30(50-37)19-25-18-26(38)20-29(39)34(25)49-21-22-10-14-27(15-11-22)42(45)46/h5-20,33H,3-4,21H2,1-2H3/b30-19-/t33-/m0/s1. The molecule has 10 nitrogen and oxygen atoms in total. The lowest BCUT2D eigenvalue weighted by atomic mass is 9.93. The van der Waals surface area contributed by atoms with Gasteiger partial charge < -0.3 is 14.2 Å². The summed E-state index contributed by atoms with van der Waals surface area (Å²) in [5, 5.41) is 11.1. The van der Waals surface area contributed by atoms with Crippen molar-refractivity contribution in [2.24, 2.45) is 4.99 Å². The number of benzene rings is 4. The summed E-state index contributed by atoms with van der Waals surface area (Å²) in [7, 11) is 0. The minimum Gasteiger partial charge on any atom is -0.494 e. The Kier molecular flexibility index (Phi) is 10.9. The number of halogens is 2. The molecule has 0 saturated carbocycles. The minimum atomic E-state index is -0.834. The van der Waals surface area contributed by atoms with E-state index in [-0.39, 0.29) is 30.0 Å². The van der Waals surface area contributed by atoms with Crippen LogP contribution in [-0.4, -0.2) is 28.7 Å². The Morgan fingerprint density at radius 3 is 2.40 bits per heavy atom. The molecule has 0 aliphatic carbocycles. The zero-order chi connectivity index (χ0) is 35.4. The van der Waals surface area contributed by atoms with Gasteiger partial charge in [-0.3, -0.25) is 19.5 Å². The molecule has 5 aromatic rings. The molecule has 4 aromatic carbocycles. The summed E-state index contributed by atoms with van der Waals surface area (Å²) < 4.78 is 21.0. The van der Waals surface area contributed by atoms with Crippen LogP contribution >= 0.6 is 49.9 Å². The number of nitro groups is 1. The van der Waals surface area contributed by atoms with E-state index in [0.717, 1.165) is 13.6 Å². The van der Waals surface area contributed by atoms with Gasteiger partial charge in [-0.15, -0.1) is 0 Å². The van der Waals surface area contributed by atoms with Crippen molar-refractivity contribution in [3.63, 3.8) is 0 Å². The van der Waals surface area contributed by atoms with Crippen molar-refractivity contribution in [3.8, 4) is 11.5 Å². The van der Waals surface area contributed by atoms with Gasteiger partial charge in [0.15, 0.2) is 4.80 Å². The number of nitrogens with zero attached hydrogens (tertiary/aromatic N) is 3. The Balaban J connectivity index is 1.52. The number of hydrogen-bond acceptors (Lipinski definition) is 9. The second-order valence-electron chi connectivity index (χ2n) is 11.0. The van der Waals surface area contributed by atoms with E-state index >= 15 is 0 Å². The van der Waals surface area contributed by atoms with E-state index < -0.39 is 16.9 Å². The van der Waals surface area contributed by atoms with Crippen LogP contribution in [-0.2, 0) is 16.1 Å². The van der Waals surface area contributed by atoms with Gasteiger partial charge in [-0.1, -0.05) is 69.7 Å². The molecule has 0 bridgehead atoms. The number of aromatic nitrogens is 1. The maximum Gasteiger partial charge on any atom is 0.338 e. The molecule has 6 rings (SSSR count). The maximum absolute atomic E-state index is 14.5. The highest BCUT2D eigenvalue weighted by molar-refractivity contribution is 14.1. The van der Waals surface area contributed by atoms with Crippen LogP contribution < -0.4 is 24.4 Å². The van der Waals surface area contributed by atoms with Crippen LogP contribution in [0.3, 0.4) is 0 Å². The van der Waals surface area contributed by atoms with Crippen LogP contribution in [0.1, 0.15) is 42.1 Å². The number of ether oxygens (including phenoxy) is 3. The average molecular weight is 867 g/mol. The SMILES string of the molecule is CCOC(=O)C1=C(c2ccccc2)N=c2s/c(=C\c3cc(Br)cc(I)c3OCc3ccc([N+](=O)[O-])cc3)c(=O)n2[C@H]1c1ccc(OCC)cc1. The molecule has 0 amide bonds. The lowest BCUT2D eigenvalue weighted by Crippen LogP contribution is -2.40. The molecule has 50 heavy (non-hydrogen) atoms. The van der Waals surface area contributed by atoms with E-state index in [1.165, 1.54) is 23.5 Å². The van der Waals surface area contributed by atoms with E-state index in [2.05, 4.69) is 38.5 Å². The molecule has 0 N–H and O–H groups in total. The molecule has 0 radical (unpaired) electrons. The first-order valence-corrected chi connectivity index (χ1v) is 18.2. The second-order valence-corrected chi connectivity index (χ2v) is 14.0. The first-order valence-electron chi connectivity index (χ1n) is 15.5. The molecular formula is C37H29BrIN3O7S. The highest BCUT2D eigenvalue weighted by atomic mass is 127. The van der Waals surface area contributed by atoms with Crippen LogP contribution in [0.2, 0.25) is 0 Å². The molecule has 0 unspecified atom stereocenters. The van der Waals surface area contributed by atoms with Crippen molar-refractivity contribution < 1.29 is 23.9 Å². The van der Waals surface area contributed by atoms with Gasteiger partial charge in [-0.2, -0.15) is 0 Å². The number of thiazole rings is 1. The number of carbonyl (C=O) groups is 1. The summed E-state index contributed by atoms with van der Waals surface area (Å²) >= 11 is 6.95. The summed E-state index contributed by atoms with van der Waals surface area (Å²) in [6.45, 7) is 4.43. The van der Waals surface area contributed by atoms with Crippen molar-refractivity contribution in [3.05, 3.63) is 157 Å². The van der Waals surface area contributed by atoms with Crippen LogP contribution in [0.5, 0.6) is 11.5 Å². The minimum absolute atomic E-state index is 0.00638. The van der Waals surface area contributed by atoms with Gasteiger partial charge in [0, 0.05) is 27.7 Å². The number of rotatable bonds is 11. The number of hydrogen-bond donors (Lipinski definition) is 0. The van der Waals surface area contributed by atoms with Crippen molar-refractivity contribution in [1.82, 2.24) is 4.57 Å². The summed E-state index contributed by atoms with van der Waals surface area (Å²) in [4.78, 5) is 44.2. The van der Waals surface area contributed by atoms with Crippen LogP contribution in [0.25, 0.3) is 11.8 Å². The van der Waals surface area contributed by atoms with E-state index in [4.69, 9.17) is 19.2 Å². The highest BCUT2D eigenvalue weighted by Gasteiger charge is 2.35. The van der Waals surface area contributed by atoms with Gasteiger partial charge in [-0.05, 0) is 90.0 Å². The van der Waals surface area contributed by atoms with Crippen molar-refractivity contribution in [1.29, 1.82) is 0 Å². The van der Waals surface area contributed by atoms with Gasteiger partial charge in [-0.25, -0.2) is 9.79 Å². The predicted molar refractivity (Wildman–Crippen MR) is 203 cm³/mol. The summed E-state index contributed by atoms with van der Waals surface area (Å²) in [5.41, 5.74) is 3.14. The van der Waals surface area contributed by atoms with Gasteiger partial charge in [0.05, 0.1) is 43.6 Å². The van der Waals surface area contributed by atoms with Crippen LogP contribution in [0.4, 0.5) is 5.69 Å². The molecule has 1 aliphatic rings. The molecule has 0 saturated heterocycles. The van der Waals surface area contributed by atoms with E-state index in [9.17, 15) is 19.7 Å². The second kappa shape index (κ2) is 15.5. The zero-order valence-corrected chi connectivity index (χ0v) is 31.4. The Morgan fingerprint density at radius 2 is 1.74 bits per heavy atom. The van der Waals surface area contributed by atoms with Crippen molar-refractivity contribution >= 4 is 73.3 Å². The summed E-state index contributed by atoms with van der Waals surface area (Å²) in [5.74, 6) is 0.643. The fourth-order valence-electron chi connectivity index (χ4n) is 5.52. The Bertz CT molecular complexity index is 2290. The first-order chi connectivity index (χ1) is 24.2. The molecular weight excluding hydrogens is 837 g/mol. The van der Waals surface area contributed by atoms with Gasteiger partial charge in [0.25, 0.3) is 11.2 Å². The third-order valence-electron chi connectivity index (χ3n) is 7.73. The number of non-ortho nitro benzene ring substituents is 1. The molecule has 254 valence electrons. The maximum atomic E-state index is 14.5. The first kappa shape index (κ1) is 35.2. The fraction of sp³-hybridized carbons (Fsp3) is 0.162. The molecule has 13 heteroatoms. The monoisotopic (exact) mass is 865 g/mol. The fourth-order valence-corrected chi connectivity index (χ4v) is 8.22. The number of nitro benzene ring substituents is 1. The third-order valence-corrected chi connectivity index (χ3v) is 9.98.